The normalized spacial score (nSPS) is 20.9. The van der Waals surface area contributed by atoms with E-state index in [0.29, 0.717) is 18.4 Å². The lowest BCUT2D eigenvalue weighted by Gasteiger charge is -2.41. The van der Waals surface area contributed by atoms with E-state index in [4.69, 9.17) is 4.99 Å². The van der Waals surface area contributed by atoms with Gasteiger partial charge in [0.05, 0.1) is 0 Å². The molecule has 0 radical (unpaired) electrons. The number of benzene rings is 2. The Kier molecular flexibility index (Phi) is 4.58. The lowest BCUT2D eigenvalue weighted by molar-refractivity contribution is -0.139. The zero-order chi connectivity index (χ0) is 24.8. The Hall–Kier alpha value is -3.41. The predicted molar refractivity (Wildman–Crippen MR) is 141 cm³/mol. The Labute approximate surface area is 211 Å². The van der Waals surface area contributed by atoms with Crippen molar-refractivity contribution in [2.45, 2.75) is 45.1 Å². The van der Waals surface area contributed by atoms with Crippen molar-refractivity contribution in [2.24, 2.45) is 23.9 Å². The Bertz CT molecular complexity index is 1470. The summed E-state index contributed by atoms with van der Waals surface area (Å²) in [5, 5.41) is 1.25. The molecule has 36 heavy (non-hydrogen) atoms. The minimum Gasteiger partial charge on any atom is -0.348 e. The molecule has 0 unspecified atom stereocenters. The van der Waals surface area contributed by atoms with Crippen LogP contribution in [0, 0.1) is 25.7 Å². The molecule has 184 valence electrons. The highest BCUT2D eigenvalue weighted by atomic mass is 16.2. The monoisotopic (exact) mass is 480 g/mol. The van der Waals surface area contributed by atoms with E-state index in [0.717, 1.165) is 55.7 Å². The molecular weight excluding hydrogens is 448 g/mol. The molecule has 6 nitrogen and oxygen atoms in total. The fraction of sp³-hybridized carbons (Fsp3) is 0.433. The summed E-state index contributed by atoms with van der Waals surface area (Å²) in [6.07, 6.45) is 3.77. The maximum absolute atomic E-state index is 13.4. The van der Waals surface area contributed by atoms with Crippen LogP contribution in [0.4, 0.5) is 0 Å². The lowest BCUT2D eigenvalue weighted by atomic mass is 9.96. The Morgan fingerprint density at radius 1 is 1.03 bits per heavy atom. The van der Waals surface area contributed by atoms with Gasteiger partial charge in [-0.05, 0) is 74.4 Å². The van der Waals surface area contributed by atoms with E-state index < -0.39 is 5.54 Å². The number of fused-ring (bicyclic) bond motifs is 1. The van der Waals surface area contributed by atoms with Gasteiger partial charge in [0.25, 0.3) is 5.91 Å². The van der Waals surface area contributed by atoms with Crippen LogP contribution in [0.5, 0.6) is 0 Å². The minimum absolute atomic E-state index is 0.151. The molecule has 1 spiro atoms. The number of carbonyl (C=O) groups is 2. The summed E-state index contributed by atoms with van der Waals surface area (Å²) in [6.45, 7) is 6.43. The van der Waals surface area contributed by atoms with Gasteiger partial charge in [-0.15, -0.1) is 0 Å². The summed E-state index contributed by atoms with van der Waals surface area (Å²) >= 11 is 0. The molecule has 0 atom stereocenters. The van der Waals surface area contributed by atoms with Gasteiger partial charge >= 0.3 is 0 Å². The first-order valence-corrected chi connectivity index (χ1v) is 13.2. The molecule has 2 aromatic carbocycles. The van der Waals surface area contributed by atoms with E-state index >= 15 is 0 Å². The molecular formula is C30H32N4O2. The zero-order valence-corrected chi connectivity index (χ0v) is 21.3. The zero-order valence-electron chi connectivity index (χ0n) is 21.3. The van der Waals surface area contributed by atoms with Gasteiger partial charge < -0.3 is 9.47 Å². The van der Waals surface area contributed by atoms with Gasteiger partial charge in [0, 0.05) is 60.7 Å². The summed E-state index contributed by atoms with van der Waals surface area (Å²) in [6, 6.07) is 15.4. The topological polar surface area (TPSA) is 57.9 Å². The molecule has 7 rings (SSSR count). The molecule has 2 aliphatic carbocycles. The van der Waals surface area contributed by atoms with Gasteiger partial charge in [0.15, 0.2) is 0 Å². The molecule has 3 heterocycles. The second-order valence-electron chi connectivity index (χ2n) is 11.4. The third kappa shape index (κ3) is 3.34. The van der Waals surface area contributed by atoms with Crippen molar-refractivity contribution < 1.29 is 9.59 Å². The summed E-state index contributed by atoms with van der Waals surface area (Å²) in [4.78, 5) is 34.6. The fourth-order valence-corrected chi connectivity index (χ4v) is 5.95. The summed E-state index contributed by atoms with van der Waals surface area (Å²) < 4.78 is 2.22. The van der Waals surface area contributed by atoms with E-state index in [1.165, 1.54) is 27.7 Å². The van der Waals surface area contributed by atoms with Crippen molar-refractivity contribution in [3.63, 3.8) is 0 Å². The van der Waals surface area contributed by atoms with Gasteiger partial charge in [-0.3, -0.25) is 19.5 Å². The quantitative estimate of drug-likeness (QED) is 0.542. The van der Waals surface area contributed by atoms with Crippen molar-refractivity contribution in [3.05, 3.63) is 59.3 Å². The molecule has 4 aliphatic rings. The maximum Gasteiger partial charge on any atom is 0.256 e. The fourth-order valence-electron chi connectivity index (χ4n) is 5.95. The van der Waals surface area contributed by atoms with Gasteiger partial charge in [0.2, 0.25) is 5.91 Å². The predicted octanol–water partition coefficient (Wildman–Crippen LogP) is 4.45. The Morgan fingerprint density at radius 3 is 2.44 bits per heavy atom. The molecule has 3 fully saturated rings. The third-order valence-electron chi connectivity index (χ3n) is 8.66. The second-order valence-corrected chi connectivity index (χ2v) is 11.4. The number of hydrogen-bond acceptors (Lipinski definition) is 3. The largest absolute Gasteiger partial charge is 0.348 e. The van der Waals surface area contributed by atoms with Crippen LogP contribution < -0.4 is 0 Å². The van der Waals surface area contributed by atoms with Crippen molar-refractivity contribution in [1.29, 1.82) is 0 Å². The highest BCUT2D eigenvalue weighted by Gasteiger charge is 2.58. The van der Waals surface area contributed by atoms with E-state index in [9.17, 15) is 9.59 Å². The van der Waals surface area contributed by atoms with Gasteiger partial charge in [-0.2, -0.15) is 0 Å². The molecule has 2 amide bonds. The number of hydrogen-bond donors (Lipinski definition) is 0. The first-order chi connectivity index (χ1) is 17.3. The van der Waals surface area contributed by atoms with Crippen LogP contribution in [-0.4, -0.2) is 57.2 Å². The Balaban J connectivity index is 1.15. The number of amides is 2. The van der Waals surface area contributed by atoms with Crippen molar-refractivity contribution in [3.8, 4) is 11.1 Å². The number of aliphatic imine (C=N–C) groups is 1. The first-order valence-electron chi connectivity index (χ1n) is 13.2. The smallest absolute Gasteiger partial charge is 0.256 e. The highest BCUT2D eigenvalue weighted by molar-refractivity contribution is 6.17. The molecule has 2 aliphatic heterocycles. The average molecular weight is 481 g/mol. The van der Waals surface area contributed by atoms with Crippen LogP contribution in [0.1, 0.15) is 42.5 Å². The van der Waals surface area contributed by atoms with Gasteiger partial charge in [-0.1, -0.05) is 24.3 Å². The summed E-state index contributed by atoms with van der Waals surface area (Å²) in [5.41, 5.74) is 6.50. The lowest BCUT2D eigenvalue weighted by Crippen LogP contribution is -2.55. The van der Waals surface area contributed by atoms with Crippen molar-refractivity contribution >= 4 is 28.6 Å². The SMILES string of the molecule is Cc1cc(-c2ccc3c(c2)cc(C)n3C)ccc1C1=NC2(CC2)C(=O)N1CC1CN(C(=O)C2CC2)C1. The van der Waals surface area contributed by atoms with Gasteiger partial charge in [-0.25, -0.2) is 0 Å². The van der Waals surface area contributed by atoms with Crippen LogP contribution in [0.3, 0.4) is 0 Å². The molecule has 3 aromatic rings. The second kappa shape index (κ2) is 7.55. The molecule has 1 aromatic heterocycles. The number of aromatic nitrogens is 1. The van der Waals surface area contributed by atoms with E-state index in [2.05, 4.69) is 67.9 Å². The van der Waals surface area contributed by atoms with Crippen LogP contribution in [0.2, 0.25) is 0 Å². The van der Waals surface area contributed by atoms with E-state index in [1.54, 1.807) is 0 Å². The number of carbonyl (C=O) groups excluding carboxylic acids is 2. The van der Waals surface area contributed by atoms with Crippen LogP contribution >= 0.6 is 0 Å². The molecule has 1 saturated heterocycles. The molecule has 2 saturated carbocycles. The number of rotatable bonds is 5. The van der Waals surface area contributed by atoms with Gasteiger partial charge in [0.1, 0.15) is 11.4 Å². The standard InChI is InChI=1S/C30H32N4O2/c1-18-12-22(23-7-9-26-24(14-23)13-19(2)32(26)3)6-8-25(18)27-31-30(10-11-30)29(36)34(27)17-20-15-33(16-20)28(35)21-4-5-21/h6-9,12-14,20-21H,4-5,10-11,15-17H2,1-3H3. The number of amidine groups is 1. The van der Waals surface area contributed by atoms with Crippen LogP contribution in [0.25, 0.3) is 22.0 Å². The highest BCUT2D eigenvalue weighted by Crippen LogP contribution is 2.46. The molecule has 0 N–H and O–H groups in total. The first kappa shape index (κ1) is 21.8. The Morgan fingerprint density at radius 2 is 1.75 bits per heavy atom. The van der Waals surface area contributed by atoms with Crippen LogP contribution in [-0.2, 0) is 16.6 Å². The average Bonchev–Trinajstić information content (AvgIpc) is 3.75. The molecule has 0 bridgehead atoms. The number of likely N-dealkylation sites (tertiary alicyclic amines) is 1. The van der Waals surface area contributed by atoms with E-state index in [1.807, 2.05) is 9.80 Å². The third-order valence-corrected chi connectivity index (χ3v) is 8.66. The van der Waals surface area contributed by atoms with Crippen molar-refractivity contribution in [2.75, 3.05) is 19.6 Å². The van der Waals surface area contributed by atoms with Crippen LogP contribution in [0.15, 0.2) is 47.5 Å². The maximum atomic E-state index is 13.4. The van der Waals surface area contributed by atoms with Crippen molar-refractivity contribution in [1.82, 2.24) is 14.4 Å². The number of nitrogens with zero attached hydrogens (tertiary/aromatic N) is 4. The summed E-state index contributed by atoms with van der Waals surface area (Å²) in [7, 11) is 2.10. The van der Waals surface area contributed by atoms with E-state index in [-0.39, 0.29) is 11.8 Å². The molecule has 6 heteroatoms. The summed E-state index contributed by atoms with van der Waals surface area (Å²) in [5.74, 6) is 1.87. The number of aryl methyl sites for hydroxylation is 3. The minimum atomic E-state index is -0.524.